The van der Waals surface area contributed by atoms with E-state index in [9.17, 15) is 4.39 Å². The zero-order valence-electron chi connectivity index (χ0n) is 9.40. The Morgan fingerprint density at radius 1 is 1.38 bits per heavy atom. The van der Waals surface area contributed by atoms with E-state index in [4.69, 9.17) is 5.11 Å². The van der Waals surface area contributed by atoms with Gasteiger partial charge in [0.25, 0.3) is 0 Å². The number of rotatable bonds is 4. The van der Waals surface area contributed by atoms with Crippen molar-refractivity contribution in [1.29, 1.82) is 0 Å². The van der Waals surface area contributed by atoms with E-state index in [1.54, 1.807) is 10.9 Å². The molecular formula is C11H18FN3O. The maximum Gasteiger partial charge on any atom is 0.130 e. The van der Waals surface area contributed by atoms with Crippen molar-refractivity contribution in [3.05, 3.63) is 11.9 Å². The van der Waals surface area contributed by atoms with Crippen LogP contribution in [0.5, 0.6) is 0 Å². The van der Waals surface area contributed by atoms with Crippen molar-refractivity contribution in [3.8, 4) is 0 Å². The van der Waals surface area contributed by atoms with Gasteiger partial charge >= 0.3 is 0 Å². The summed E-state index contributed by atoms with van der Waals surface area (Å²) in [7, 11) is 0. The summed E-state index contributed by atoms with van der Waals surface area (Å²) in [5, 5.41) is 16.5. The molecule has 0 aromatic carbocycles. The third kappa shape index (κ3) is 2.78. The average Bonchev–Trinajstić information content (AvgIpc) is 2.66. The van der Waals surface area contributed by atoms with E-state index in [1.807, 2.05) is 0 Å². The first kappa shape index (κ1) is 11.5. The molecule has 0 atom stereocenters. The summed E-state index contributed by atoms with van der Waals surface area (Å²) in [6.07, 6.45) is 6.54. The molecule has 0 spiro atoms. The van der Waals surface area contributed by atoms with E-state index in [-0.39, 0.29) is 6.61 Å². The molecule has 0 bridgehead atoms. The average molecular weight is 227 g/mol. The van der Waals surface area contributed by atoms with Crippen molar-refractivity contribution in [1.82, 2.24) is 15.0 Å². The molecule has 2 rings (SSSR count). The van der Waals surface area contributed by atoms with Crippen molar-refractivity contribution in [3.63, 3.8) is 0 Å². The molecule has 0 saturated heterocycles. The van der Waals surface area contributed by atoms with Crippen LogP contribution in [0.25, 0.3) is 0 Å². The molecule has 1 aromatic heterocycles. The molecule has 90 valence electrons. The number of alkyl halides is 1. The first-order valence-corrected chi connectivity index (χ1v) is 5.91. The predicted octanol–water partition coefficient (Wildman–Crippen LogP) is 1.49. The Balaban J connectivity index is 1.96. The third-order valence-corrected chi connectivity index (χ3v) is 3.15. The lowest BCUT2D eigenvalue weighted by Gasteiger charge is -2.28. The second-order valence-electron chi connectivity index (χ2n) is 4.59. The third-order valence-electron chi connectivity index (χ3n) is 3.15. The van der Waals surface area contributed by atoms with Gasteiger partial charge in [0, 0.05) is 19.2 Å². The molecule has 0 aliphatic heterocycles. The smallest absolute Gasteiger partial charge is 0.130 e. The summed E-state index contributed by atoms with van der Waals surface area (Å²) in [6, 6.07) is 0. The lowest BCUT2D eigenvalue weighted by Crippen LogP contribution is -2.31. The normalized spacial score (nSPS) is 19.9. The standard InChI is InChI=1S/C11H18FN3O/c12-11(5-2-1-3-6-11)9-15-8-10(4-7-16)13-14-15/h8,16H,1-7,9H2. The van der Waals surface area contributed by atoms with E-state index in [2.05, 4.69) is 10.3 Å². The molecule has 0 amide bonds. The molecule has 1 aliphatic rings. The summed E-state index contributed by atoms with van der Waals surface area (Å²) in [4.78, 5) is 0. The number of hydrogen-bond acceptors (Lipinski definition) is 3. The van der Waals surface area contributed by atoms with Gasteiger partial charge in [-0.1, -0.05) is 24.5 Å². The number of hydrogen-bond donors (Lipinski definition) is 1. The second kappa shape index (κ2) is 4.91. The van der Waals surface area contributed by atoms with Crippen LogP contribution in [0, 0.1) is 0 Å². The largest absolute Gasteiger partial charge is 0.396 e. The minimum Gasteiger partial charge on any atom is -0.396 e. The van der Waals surface area contributed by atoms with Gasteiger partial charge in [-0.3, -0.25) is 0 Å². The summed E-state index contributed by atoms with van der Waals surface area (Å²) in [5.74, 6) is 0. The van der Waals surface area contributed by atoms with Gasteiger partial charge < -0.3 is 5.11 Å². The van der Waals surface area contributed by atoms with Crippen molar-refractivity contribution in [2.75, 3.05) is 6.61 Å². The minimum atomic E-state index is -1.11. The SMILES string of the molecule is OCCc1cn(CC2(F)CCCCC2)nn1. The lowest BCUT2D eigenvalue weighted by atomic mass is 9.86. The van der Waals surface area contributed by atoms with Crippen LogP contribution in [0.15, 0.2) is 6.20 Å². The van der Waals surface area contributed by atoms with E-state index in [0.717, 1.165) is 25.0 Å². The second-order valence-corrected chi connectivity index (χ2v) is 4.59. The fourth-order valence-corrected chi connectivity index (χ4v) is 2.28. The van der Waals surface area contributed by atoms with Gasteiger partial charge in [0.15, 0.2) is 0 Å². The summed E-state index contributed by atoms with van der Waals surface area (Å²) >= 11 is 0. The number of halogens is 1. The highest BCUT2D eigenvalue weighted by Gasteiger charge is 2.32. The van der Waals surface area contributed by atoms with Gasteiger partial charge in [-0.05, 0) is 12.8 Å². The van der Waals surface area contributed by atoms with Crippen molar-refractivity contribution in [2.45, 2.75) is 50.7 Å². The van der Waals surface area contributed by atoms with Gasteiger partial charge in [-0.2, -0.15) is 0 Å². The van der Waals surface area contributed by atoms with Crippen LogP contribution in [0.4, 0.5) is 4.39 Å². The Morgan fingerprint density at radius 2 is 2.12 bits per heavy atom. The monoisotopic (exact) mass is 227 g/mol. The fourth-order valence-electron chi connectivity index (χ4n) is 2.28. The highest BCUT2D eigenvalue weighted by molar-refractivity contribution is 4.94. The van der Waals surface area contributed by atoms with Crippen molar-refractivity contribution < 1.29 is 9.50 Å². The molecule has 0 radical (unpaired) electrons. The molecule has 1 fully saturated rings. The van der Waals surface area contributed by atoms with Crippen LogP contribution in [-0.2, 0) is 13.0 Å². The Morgan fingerprint density at radius 3 is 2.81 bits per heavy atom. The topological polar surface area (TPSA) is 50.9 Å². The Kier molecular flexibility index (Phi) is 3.53. The Hall–Kier alpha value is -0.970. The highest BCUT2D eigenvalue weighted by Crippen LogP contribution is 2.32. The quantitative estimate of drug-likeness (QED) is 0.847. The molecule has 1 aliphatic carbocycles. The van der Waals surface area contributed by atoms with Crippen LogP contribution in [-0.4, -0.2) is 32.4 Å². The summed E-state index contributed by atoms with van der Waals surface area (Å²) < 4.78 is 15.9. The molecule has 1 saturated carbocycles. The predicted molar refractivity (Wildman–Crippen MR) is 57.7 cm³/mol. The zero-order chi connectivity index (χ0) is 11.4. The van der Waals surface area contributed by atoms with Gasteiger partial charge in [-0.25, -0.2) is 9.07 Å². The van der Waals surface area contributed by atoms with Gasteiger partial charge in [0.2, 0.25) is 0 Å². The van der Waals surface area contributed by atoms with E-state index < -0.39 is 5.67 Å². The lowest BCUT2D eigenvalue weighted by molar-refractivity contribution is 0.0808. The molecule has 0 unspecified atom stereocenters. The van der Waals surface area contributed by atoms with Gasteiger partial charge in [0.1, 0.15) is 5.67 Å². The number of aliphatic hydroxyl groups is 1. The summed E-state index contributed by atoms with van der Waals surface area (Å²) in [5.41, 5.74) is -0.385. The van der Waals surface area contributed by atoms with Crippen molar-refractivity contribution in [2.24, 2.45) is 0 Å². The highest BCUT2D eigenvalue weighted by atomic mass is 19.1. The first-order chi connectivity index (χ1) is 7.72. The zero-order valence-corrected chi connectivity index (χ0v) is 9.40. The van der Waals surface area contributed by atoms with E-state index in [1.165, 1.54) is 0 Å². The number of aromatic nitrogens is 3. The molecule has 4 nitrogen and oxygen atoms in total. The Bertz CT molecular complexity index is 334. The van der Waals surface area contributed by atoms with Crippen LogP contribution in [0.1, 0.15) is 37.8 Å². The minimum absolute atomic E-state index is 0.0550. The number of aliphatic hydroxyl groups excluding tert-OH is 1. The van der Waals surface area contributed by atoms with Crippen LogP contribution in [0.3, 0.4) is 0 Å². The molecule has 1 heterocycles. The van der Waals surface area contributed by atoms with Crippen LogP contribution >= 0.6 is 0 Å². The summed E-state index contributed by atoms with van der Waals surface area (Å²) in [6.45, 7) is 0.352. The molecular weight excluding hydrogens is 209 g/mol. The molecule has 1 N–H and O–H groups in total. The van der Waals surface area contributed by atoms with Gasteiger partial charge in [0.05, 0.1) is 12.2 Å². The van der Waals surface area contributed by atoms with Crippen LogP contribution in [0.2, 0.25) is 0 Å². The maximum atomic E-state index is 14.3. The fraction of sp³-hybridized carbons (Fsp3) is 0.818. The number of nitrogens with zero attached hydrogens (tertiary/aromatic N) is 3. The van der Waals surface area contributed by atoms with Gasteiger partial charge in [-0.15, -0.1) is 5.10 Å². The molecule has 1 aromatic rings. The van der Waals surface area contributed by atoms with E-state index in [0.29, 0.717) is 25.8 Å². The molecule has 5 heteroatoms. The first-order valence-electron chi connectivity index (χ1n) is 5.91. The van der Waals surface area contributed by atoms with Crippen LogP contribution < -0.4 is 0 Å². The molecule has 16 heavy (non-hydrogen) atoms. The Labute approximate surface area is 94.5 Å². The maximum absolute atomic E-state index is 14.3. The van der Waals surface area contributed by atoms with E-state index >= 15 is 0 Å². The van der Waals surface area contributed by atoms with Crippen molar-refractivity contribution >= 4 is 0 Å².